The lowest BCUT2D eigenvalue weighted by Crippen LogP contribution is -2.43. The Hall–Kier alpha value is -2.61. The van der Waals surface area contributed by atoms with Crippen molar-refractivity contribution in [2.45, 2.75) is 31.8 Å². The van der Waals surface area contributed by atoms with Gasteiger partial charge in [-0.1, -0.05) is 23.7 Å². The summed E-state index contributed by atoms with van der Waals surface area (Å²) in [5.41, 5.74) is 1.39. The third kappa shape index (κ3) is 4.28. The summed E-state index contributed by atoms with van der Waals surface area (Å²) >= 11 is 5.95. The van der Waals surface area contributed by atoms with Crippen LogP contribution in [0.4, 0.5) is 0 Å². The summed E-state index contributed by atoms with van der Waals surface area (Å²) < 4.78 is 1.58. The lowest BCUT2D eigenvalue weighted by molar-refractivity contribution is -0.0256. The molecule has 0 bridgehead atoms. The van der Waals surface area contributed by atoms with E-state index in [1.807, 2.05) is 31.2 Å². The highest BCUT2D eigenvalue weighted by molar-refractivity contribution is 6.30. The molecule has 1 aromatic carbocycles. The highest BCUT2D eigenvalue weighted by atomic mass is 35.5. The first-order valence-corrected chi connectivity index (χ1v) is 10.4. The van der Waals surface area contributed by atoms with E-state index in [1.54, 1.807) is 29.3 Å². The van der Waals surface area contributed by atoms with Crippen LogP contribution in [0.5, 0.6) is 0 Å². The highest BCUT2D eigenvalue weighted by Crippen LogP contribution is 2.33. The molecule has 0 radical (unpaired) electrons. The van der Waals surface area contributed by atoms with E-state index < -0.39 is 5.60 Å². The molecule has 0 aliphatic carbocycles. The molecule has 1 aliphatic rings. The molecule has 30 heavy (non-hydrogen) atoms. The van der Waals surface area contributed by atoms with Crippen molar-refractivity contribution in [3.63, 3.8) is 0 Å². The summed E-state index contributed by atoms with van der Waals surface area (Å²) in [6.45, 7) is 3.98. The fourth-order valence-corrected chi connectivity index (χ4v) is 4.00. The number of carbonyl (C=O) groups is 1. The zero-order valence-corrected chi connectivity index (χ0v) is 17.6. The molecule has 7 nitrogen and oxygen atoms in total. The molecular formula is C22H24ClN5O2. The fourth-order valence-electron chi connectivity index (χ4n) is 3.88. The van der Waals surface area contributed by atoms with Crippen LogP contribution in [0.2, 0.25) is 5.02 Å². The van der Waals surface area contributed by atoms with E-state index in [9.17, 15) is 9.90 Å². The van der Waals surface area contributed by atoms with E-state index in [0.29, 0.717) is 42.3 Å². The van der Waals surface area contributed by atoms with Gasteiger partial charge >= 0.3 is 0 Å². The number of aromatic nitrogens is 4. The monoisotopic (exact) mass is 425 g/mol. The lowest BCUT2D eigenvalue weighted by atomic mass is 9.84. The van der Waals surface area contributed by atoms with Crippen molar-refractivity contribution >= 4 is 17.4 Å². The van der Waals surface area contributed by atoms with Crippen LogP contribution in [0.3, 0.4) is 0 Å². The number of piperidine rings is 1. The molecular weight excluding hydrogens is 402 g/mol. The number of ketones is 1. The quantitative estimate of drug-likeness (QED) is 0.610. The molecule has 0 saturated carbocycles. The first-order chi connectivity index (χ1) is 14.5. The van der Waals surface area contributed by atoms with E-state index in [1.165, 1.54) is 0 Å². The number of likely N-dealkylation sites (tertiary alicyclic amines) is 1. The Morgan fingerprint density at radius 1 is 1.17 bits per heavy atom. The molecule has 4 rings (SSSR count). The van der Waals surface area contributed by atoms with Crippen LogP contribution >= 0.6 is 11.6 Å². The van der Waals surface area contributed by atoms with Crippen molar-refractivity contribution < 1.29 is 9.90 Å². The van der Waals surface area contributed by atoms with Gasteiger partial charge in [-0.15, -0.1) is 0 Å². The number of aliphatic hydroxyl groups is 1. The molecule has 1 fully saturated rings. The first kappa shape index (κ1) is 20.7. The second-order valence-corrected chi connectivity index (χ2v) is 8.09. The minimum atomic E-state index is -0.835. The minimum Gasteiger partial charge on any atom is -0.385 e. The highest BCUT2D eigenvalue weighted by Gasteiger charge is 2.34. The van der Waals surface area contributed by atoms with Crippen molar-refractivity contribution in [3.05, 3.63) is 70.8 Å². The van der Waals surface area contributed by atoms with Crippen LogP contribution in [0, 0.1) is 6.92 Å². The van der Waals surface area contributed by atoms with Crippen LogP contribution in [0.15, 0.2) is 48.9 Å². The number of benzene rings is 1. The van der Waals surface area contributed by atoms with Gasteiger partial charge in [-0.2, -0.15) is 5.10 Å². The standard InChI is InChI=1S/C22H24ClN5O2/c1-16-19(15-26-28(16)21-24-10-2-11-25-21)20(29)7-12-27-13-8-22(30,9-14-27)17-3-5-18(23)6-4-17/h2-6,10-11,15,30H,7-9,12-14H2,1H3. The van der Waals surface area contributed by atoms with E-state index in [2.05, 4.69) is 20.0 Å². The average Bonchev–Trinajstić information content (AvgIpc) is 3.15. The maximum Gasteiger partial charge on any atom is 0.250 e. The van der Waals surface area contributed by atoms with Crippen LogP contribution in [-0.4, -0.2) is 55.2 Å². The Morgan fingerprint density at radius 3 is 2.50 bits per heavy atom. The number of halogens is 1. The van der Waals surface area contributed by atoms with Gasteiger partial charge in [0.25, 0.3) is 5.95 Å². The normalized spacial score (nSPS) is 16.5. The molecule has 3 aromatic rings. The van der Waals surface area contributed by atoms with E-state index >= 15 is 0 Å². The van der Waals surface area contributed by atoms with Gasteiger partial charge in [0.2, 0.25) is 0 Å². The van der Waals surface area contributed by atoms with Crippen molar-refractivity contribution in [3.8, 4) is 5.95 Å². The number of Topliss-reactive ketones (excluding diaryl/α,β-unsaturated/α-hetero) is 1. The van der Waals surface area contributed by atoms with Gasteiger partial charge in [-0.3, -0.25) is 4.79 Å². The minimum absolute atomic E-state index is 0.0493. The van der Waals surface area contributed by atoms with Crippen molar-refractivity contribution in [1.82, 2.24) is 24.6 Å². The van der Waals surface area contributed by atoms with Crippen LogP contribution in [0.1, 0.15) is 40.9 Å². The van der Waals surface area contributed by atoms with Gasteiger partial charge in [0, 0.05) is 43.5 Å². The van der Waals surface area contributed by atoms with Crippen LogP contribution in [-0.2, 0) is 5.60 Å². The SMILES string of the molecule is Cc1c(C(=O)CCN2CCC(O)(c3ccc(Cl)cc3)CC2)cnn1-c1ncccn1. The number of carbonyl (C=O) groups excluding carboxylic acids is 1. The number of rotatable bonds is 6. The van der Waals surface area contributed by atoms with Crippen LogP contribution in [0.25, 0.3) is 5.95 Å². The fraction of sp³-hybridized carbons (Fsp3) is 0.364. The Kier molecular flexibility index (Phi) is 5.94. The van der Waals surface area contributed by atoms with Crippen molar-refractivity contribution in [2.75, 3.05) is 19.6 Å². The first-order valence-electron chi connectivity index (χ1n) is 10.0. The zero-order chi connectivity index (χ0) is 21.1. The van der Waals surface area contributed by atoms with Crippen LogP contribution < -0.4 is 0 Å². The predicted octanol–water partition coefficient (Wildman–Crippen LogP) is 3.18. The topological polar surface area (TPSA) is 84.1 Å². The molecule has 0 amide bonds. The average molecular weight is 426 g/mol. The van der Waals surface area contributed by atoms with Crippen molar-refractivity contribution in [1.29, 1.82) is 0 Å². The molecule has 1 saturated heterocycles. The van der Waals surface area contributed by atoms with E-state index in [4.69, 9.17) is 11.6 Å². The van der Waals surface area contributed by atoms with Gasteiger partial charge in [-0.25, -0.2) is 14.6 Å². The third-order valence-corrected chi connectivity index (χ3v) is 6.02. The molecule has 0 spiro atoms. The van der Waals surface area contributed by atoms with E-state index in [-0.39, 0.29) is 5.78 Å². The maximum absolute atomic E-state index is 12.8. The molecule has 156 valence electrons. The van der Waals surface area contributed by atoms with E-state index in [0.717, 1.165) is 24.3 Å². The summed E-state index contributed by atoms with van der Waals surface area (Å²) in [7, 11) is 0. The molecule has 3 heterocycles. The Balaban J connectivity index is 1.33. The summed E-state index contributed by atoms with van der Waals surface area (Å²) in [6.07, 6.45) is 6.54. The van der Waals surface area contributed by atoms with Gasteiger partial charge in [0.1, 0.15) is 0 Å². The maximum atomic E-state index is 12.8. The Bertz CT molecular complexity index is 1010. The molecule has 1 N–H and O–H groups in total. The Morgan fingerprint density at radius 2 is 1.83 bits per heavy atom. The molecule has 1 aliphatic heterocycles. The predicted molar refractivity (Wildman–Crippen MR) is 114 cm³/mol. The molecule has 8 heteroatoms. The molecule has 2 aromatic heterocycles. The summed E-state index contributed by atoms with van der Waals surface area (Å²) in [5.74, 6) is 0.500. The third-order valence-electron chi connectivity index (χ3n) is 5.77. The van der Waals surface area contributed by atoms with Gasteiger partial charge in [0.15, 0.2) is 5.78 Å². The largest absolute Gasteiger partial charge is 0.385 e. The number of hydrogen-bond donors (Lipinski definition) is 1. The number of hydrogen-bond acceptors (Lipinski definition) is 6. The summed E-state index contributed by atoms with van der Waals surface area (Å²) in [6, 6.07) is 9.13. The lowest BCUT2D eigenvalue weighted by Gasteiger charge is -2.38. The van der Waals surface area contributed by atoms with Crippen molar-refractivity contribution in [2.24, 2.45) is 0 Å². The number of nitrogens with zero attached hydrogens (tertiary/aromatic N) is 5. The molecule has 0 unspecified atom stereocenters. The van der Waals surface area contributed by atoms with Gasteiger partial charge in [-0.05, 0) is 43.5 Å². The second-order valence-electron chi connectivity index (χ2n) is 7.66. The summed E-state index contributed by atoms with van der Waals surface area (Å²) in [4.78, 5) is 23.3. The smallest absolute Gasteiger partial charge is 0.250 e. The molecule has 0 atom stereocenters. The zero-order valence-electron chi connectivity index (χ0n) is 16.8. The Labute approximate surface area is 180 Å². The van der Waals surface area contributed by atoms with Gasteiger partial charge in [0.05, 0.1) is 23.1 Å². The van der Waals surface area contributed by atoms with Gasteiger partial charge < -0.3 is 10.0 Å². The summed E-state index contributed by atoms with van der Waals surface area (Å²) in [5, 5.41) is 15.9. The second kappa shape index (κ2) is 8.63.